The Hall–Kier alpha value is -0.780. The highest BCUT2D eigenvalue weighted by molar-refractivity contribution is 14.1. The minimum atomic E-state index is -0.976. The van der Waals surface area contributed by atoms with Crippen LogP contribution in [0.5, 0.6) is 0 Å². The van der Waals surface area contributed by atoms with Gasteiger partial charge in [0.2, 0.25) is 0 Å². The van der Waals surface area contributed by atoms with Crippen LogP contribution in [-0.4, -0.2) is 11.1 Å². The number of hydrogen-bond acceptors (Lipinski definition) is 2. The number of furan rings is 1. The topological polar surface area (TPSA) is 50.4 Å². The van der Waals surface area contributed by atoms with E-state index >= 15 is 0 Å². The van der Waals surface area contributed by atoms with Crippen LogP contribution in [0, 0.1) is 3.77 Å². The van der Waals surface area contributed by atoms with E-state index < -0.39 is 5.97 Å². The monoisotopic (exact) mass is 264 g/mol. The van der Waals surface area contributed by atoms with E-state index in [1.807, 2.05) is 22.6 Å². The molecule has 0 aliphatic carbocycles. The molecule has 58 valence electrons. The SMILES string of the molecule is O=C(O)/C=C/c1ccc(I)o1. The van der Waals surface area contributed by atoms with Crippen molar-refractivity contribution in [1.82, 2.24) is 0 Å². The van der Waals surface area contributed by atoms with Gasteiger partial charge in [-0.3, -0.25) is 0 Å². The molecule has 3 nitrogen and oxygen atoms in total. The van der Waals surface area contributed by atoms with Crippen LogP contribution in [0.4, 0.5) is 0 Å². The van der Waals surface area contributed by atoms with Gasteiger partial charge in [0.25, 0.3) is 0 Å². The number of carbonyl (C=O) groups is 1. The molecule has 11 heavy (non-hydrogen) atoms. The number of aliphatic carboxylic acids is 1. The average Bonchev–Trinajstić information content (AvgIpc) is 2.31. The van der Waals surface area contributed by atoms with Crippen LogP contribution in [0.25, 0.3) is 6.08 Å². The van der Waals surface area contributed by atoms with Crippen LogP contribution < -0.4 is 0 Å². The van der Waals surface area contributed by atoms with E-state index in [9.17, 15) is 4.79 Å². The molecular formula is C7H5IO3. The lowest BCUT2D eigenvalue weighted by Gasteiger charge is -1.81. The first-order valence-electron chi connectivity index (χ1n) is 2.85. The maximum Gasteiger partial charge on any atom is 0.328 e. The summed E-state index contributed by atoms with van der Waals surface area (Å²) in [5.74, 6) is -0.423. The summed E-state index contributed by atoms with van der Waals surface area (Å²) in [6.07, 6.45) is 2.44. The Morgan fingerprint density at radius 2 is 2.36 bits per heavy atom. The van der Waals surface area contributed by atoms with Gasteiger partial charge >= 0.3 is 5.97 Å². The predicted octanol–water partition coefficient (Wildman–Crippen LogP) is 1.98. The molecule has 0 unspecified atom stereocenters. The number of carboxylic acids is 1. The van der Waals surface area contributed by atoms with Crippen molar-refractivity contribution in [2.24, 2.45) is 0 Å². The van der Waals surface area contributed by atoms with E-state index in [2.05, 4.69) is 0 Å². The molecule has 0 bridgehead atoms. The fraction of sp³-hybridized carbons (Fsp3) is 0. The molecule has 0 aromatic carbocycles. The van der Waals surface area contributed by atoms with Crippen molar-refractivity contribution < 1.29 is 14.3 Å². The second kappa shape index (κ2) is 3.56. The second-order valence-corrected chi connectivity index (χ2v) is 2.88. The maximum atomic E-state index is 10.0. The molecule has 0 fully saturated rings. The summed E-state index contributed by atoms with van der Waals surface area (Å²) in [7, 11) is 0. The van der Waals surface area contributed by atoms with Crippen LogP contribution in [0.3, 0.4) is 0 Å². The lowest BCUT2D eigenvalue weighted by atomic mass is 10.4. The molecule has 0 spiro atoms. The normalized spacial score (nSPS) is 10.6. The van der Waals surface area contributed by atoms with Gasteiger partial charge in [0.05, 0.1) is 0 Å². The van der Waals surface area contributed by atoms with Crippen LogP contribution in [0.1, 0.15) is 5.76 Å². The van der Waals surface area contributed by atoms with Crippen molar-refractivity contribution in [3.05, 3.63) is 27.7 Å². The Kier molecular flexibility index (Phi) is 2.70. The molecule has 0 saturated carbocycles. The van der Waals surface area contributed by atoms with Gasteiger partial charge in [0, 0.05) is 6.08 Å². The lowest BCUT2D eigenvalue weighted by molar-refractivity contribution is -0.131. The number of carboxylic acid groups (broad SMARTS) is 1. The first kappa shape index (κ1) is 8.32. The summed E-state index contributed by atoms with van der Waals surface area (Å²) in [5, 5.41) is 8.25. The molecule has 1 aromatic rings. The van der Waals surface area contributed by atoms with E-state index in [0.29, 0.717) is 5.76 Å². The summed E-state index contributed by atoms with van der Waals surface area (Å²) in [6.45, 7) is 0. The summed E-state index contributed by atoms with van der Waals surface area (Å²) in [6, 6.07) is 3.48. The van der Waals surface area contributed by atoms with E-state index in [0.717, 1.165) is 9.84 Å². The zero-order valence-electron chi connectivity index (χ0n) is 5.45. The van der Waals surface area contributed by atoms with Gasteiger partial charge in [-0.25, -0.2) is 4.79 Å². The zero-order valence-corrected chi connectivity index (χ0v) is 7.61. The molecule has 0 aliphatic rings. The quantitative estimate of drug-likeness (QED) is 0.656. The fourth-order valence-corrected chi connectivity index (χ4v) is 1.01. The molecule has 1 aromatic heterocycles. The molecule has 1 rings (SSSR count). The van der Waals surface area contributed by atoms with Gasteiger partial charge in [-0.1, -0.05) is 0 Å². The third-order valence-electron chi connectivity index (χ3n) is 0.984. The van der Waals surface area contributed by atoms with Gasteiger partial charge in [-0.2, -0.15) is 0 Å². The smallest absolute Gasteiger partial charge is 0.328 e. The van der Waals surface area contributed by atoms with E-state index in [1.165, 1.54) is 6.08 Å². The van der Waals surface area contributed by atoms with Gasteiger partial charge in [-0.15, -0.1) is 0 Å². The second-order valence-electron chi connectivity index (χ2n) is 1.81. The van der Waals surface area contributed by atoms with Crippen molar-refractivity contribution in [3.63, 3.8) is 0 Å². The van der Waals surface area contributed by atoms with Crippen molar-refractivity contribution in [1.29, 1.82) is 0 Å². The largest absolute Gasteiger partial charge is 0.478 e. The molecular weight excluding hydrogens is 259 g/mol. The van der Waals surface area contributed by atoms with Crippen molar-refractivity contribution in [2.45, 2.75) is 0 Å². The van der Waals surface area contributed by atoms with Crippen LogP contribution in [0.2, 0.25) is 0 Å². The highest BCUT2D eigenvalue weighted by Crippen LogP contribution is 2.10. The molecule has 1 heterocycles. The van der Waals surface area contributed by atoms with Gasteiger partial charge in [-0.05, 0) is 40.8 Å². The first-order valence-corrected chi connectivity index (χ1v) is 3.93. The number of rotatable bonds is 2. The molecule has 4 heteroatoms. The third-order valence-corrected chi connectivity index (χ3v) is 1.56. The Morgan fingerprint density at radius 1 is 1.64 bits per heavy atom. The van der Waals surface area contributed by atoms with Crippen LogP contribution in [-0.2, 0) is 4.79 Å². The Labute approximate surface area is 76.8 Å². The third kappa shape index (κ3) is 2.75. The molecule has 0 saturated heterocycles. The van der Waals surface area contributed by atoms with Gasteiger partial charge < -0.3 is 9.52 Å². The van der Waals surface area contributed by atoms with Gasteiger partial charge in [0.1, 0.15) is 5.76 Å². The predicted molar refractivity (Wildman–Crippen MR) is 48.1 cm³/mol. The minimum absolute atomic E-state index is 0.553. The number of halogens is 1. The van der Waals surface area contributed by atoms with Crippen molar-refractivity contribution in [2.75, 3.05) is 0 Å². The first-order chi connectivity index (χ1) is 5.18. The summed E-state index contributed by atoms with van der Waals surface area (Å²) in [5.41, 5.74) is 0. The standard InChI is InChI=1S/C7H5IO3/c8-6-3-1-5(11-6)2-4-7(9)10/h1-4H,(H,9,10)/b4-2+. The summed E-state index contributed by atoms with van der Waals surface area (Å²) in [4.78, 5) is 10.0. The maximum absolute atomic E-state index is 10.0. The Balaban J connectivity index is 2.71. The summed E-state index contributed by atoms with van der Waals surface area (Å²) >= 11 is 2.01. The van der Waals surface area contributed by atoms with E-state index in [-0.39, 0.29) is 0 Å². The molecule has 0 radical (unpaired) electrons. The van der Waals surface area contributed by atoms with E-state index in [1.54, 1.807) is 12.1 Å². The highest BCUT2D eigenvalue weighted by Gasteiger charge is 1.94. The van der Waals surface area contributed by atoms with Crippen molar-refractivity contribution >= 4 is 34.6 Å². The average molecular weight is 264 g/mol. The fourth-order valence-electron chi connectivity index (χ4n) is 0.571. The molecule has 1 N–H and O–H groups in total. The summed E-state index contributed by atoms with van der Waals surface area (Å²) < 4.78 is 5.81. The minimum Gasteiger partial charge on any atom is -0.478 e. The molecule has 0 atom stereocenters. The van der Waals surface area contributed by atoms with Crippen molar-refractivity contribution in [3.8, 4) is 0 Å². The van der Waals surface area contributed by atoms with Gasteiger partial charge in [0.15, 0.2) is 3.77 Å². The van der Waals surface area contributed by atoms with Crippen LogP contribution in [0.15, 0.2) is 22.6 Å². The molecule has 0 amide bonds. The highest BCUT2D eigenvalue weighted by atomic mass is 127. The number of hydrogen-bond donors (Lipinski definition) is 1. The Morgan fingerprint density at radius 3 is 2.82 bits per heavy atom. The zero-order chi connectivity index (χ0) is 8.27. The van der Waals surface area contributed by atoms with Crippen LogP contribution >= 0.6 is 22.6 Å². The Bertz CT molecular complexity index is 288. The van der Waals surface area contributed by atoms with E-state index in [4.69, 9.17) is 9.52 Å². The lowest BCUT2D eigenvalue weighted by Crippen LogP contribution is -1.84. The molecule has 0 aliphatic heterocycles.